The van der Waals surface area contributed by atoms with Crippen LogP contribution >= 0.6 is 0 Å². The van der Waals surface area contributed by atoms with Crippen LogP contribution in [0.3, 0.4) is 0 Å². The molecule has 1 N–H and O–H groups in total. The Morgan fingerprint density at radius 1 is 0.950 bits per heavy atom. The van der Waals surface area contributed by atoms with Crippen LogP contribution in [0, 0.1) is 0 Å². The maximum absolute atomic E-state index is 11.5. The summed E-state index contributed by atoms with van der Waals surface area (Å²) < 4.78 is 24.6. The van der Waals surface area contributed by atoms with Gasteiger partial charge in [0.2, 0.25) is 10.0 Å². The van der Waals surface area contributed by atoms with Crippen molar-refractivity contribution in [3.8, 4) is 0 Å². The smallest absolute Gasteiger partial charge is 0.211 e. The average molecular weight is 303 g/mol. The van der Waals surface area contributed by atoms with E-state index in [0.717, 1.165) is 12.8 Å². The third-order valence-corrected chi connectivity index (χ3v) is 5.96. The van der Waals surface area contributed by atoms with Crippen LogP contribution in [0.15, 0.2) is 0 Å². The van der Waals surface area contributed by atoms with Gasteiger partial charge in [0.1, 0.15) is 0 Å². The fourth-order valence-corrected chi connectivity index (χ4v) is 4.14. The first-order valence-corrected chi connectivity index (χ1v) is 9.66. The molecule has 20 heavy (non-hydrogen) atoms. The highest BCUT2D eigenvalue weighted by molar-refractivity contribution is 7.88. The van der Waals surface area contributed by atoms with Gasteiger partial charge in [0.25, 0.3) is 0 Å². The fraction of sp³-hybridized carbons (Fsp3) is 1.00. The van der Waals surface area contributed by atoms with Gasteiger partial charge in [-0.15, -0.1) is 0 Å². The Balaban J connectivity index is 1.72. The summed E-state index contributed by atoms with van der Waals surface area (Å²) in [5.74, 6) is 0. The van der Waals surface area contributed by atoms with Crippen molar-refractivity contribution in [3.05, 3.63) is 0 Å². The fourth-order valence-electron chi connectivity index (χ4n) is 3.27. The molecular weight excluding hydrogens is 274 g/mol. The predicted octanol–water partition coefficient (Wildman–Crippen LogP) is 0.873. The SMILES string of the molecule is CC(C)N1CCC(NC2CCN(S(C)(=O)=O)CC2)CC1. The van der Waals surface area contributed by atoms with Gasteiger partial charge in [0.15, 0.2) is 0 Å². The number of nitrogens with one attached hydrogen (secondary N) is 1. The van der Waals surface area contributed by atoms with E-state index in [1.54, 1.807) is 4.31 Å². The zero-order valence-corrected chi connectivity index (χ0v) is 13.8. The quantitative estimate of drug-likeness (QED) is 0.837. The minimum Gasteiger partial charge on any atom is -0.311 e. The number of piperidine rings is 2. The number of rotatable bonds is 4. The van der Waals surface area contributed by atoms with E-state index in [1.165, 1.54) is 32.2 Å². The molecule has 0 atom stereocenters. The van der Waals surface area contributed by atoms with Crippen molar-refractivity contribution in [1.29, 1.82) is 0 Å². The minimum absolute atomic E-state index is 0.489. The molecule has 0 unspecified atom stereocenters. The van der Waals surface area contributed by atoms with Gasteiger partial charge in [-0.2, -0.15) is 0 Å². The highest BCUT2D eigenvalue weighted by atomic mass is 32.2. The lowest BCUT2D eigenvalue weighted by Crippen LogP contribution is -2.51. The largest absolute Gasteiger partial charge is 0.311 e. The molecule has 0 spiro atoms. The first-order chi connectivity index (χ1) is 9.36. The van der Waals surface area contributed by atoms with Crippen LogP contribution in [0.1, 0.15) is 39.5 Å². The molecule has 0 bridgehead atoms. The van der Waals surface area contributed by atoms with Gasteiger partial charge in [-0.3, -0.25) is 0 Å². The van der Waals surface area contributed by atoms with Crippen LogP contribution in [0.5, 0.6) is 0 Å². The lowest BCUT2D eigenvalue weighted by molar-refractivity contribution is 0.150. The van der Waals surface area contributed by atoms with Gasteiger partial charge >= 0.3 is 0 Å². The molecule has 0 radical (unpaired) electrons. The van der Waals surface area contributed by atoms with E-state index in [9.17, 15) is 8.42 Å². The normalized spacial score (nSPS) is 25.4. The van der Waals surface area contributed by atoms with Crippen molar-refractivity contribution in [2.24, 2.45) is 0 Å². The lowest BCUT2D eigenvalue weighted by atomic mass is 9.99. The van der Waals surface area contributed by atoms with Crippen LogP contribution in [0.4, 0.5) is 0 Å². The summed E-state index contributed by atoms with van der Waals surface area (Å²) in [7, 11) is -3.00. The molecule has 0 amide bonds. The molecule has 2 aliphatic rings. The number of sulfonamides is 1. The Kier molecular flexibility index (Phi) is 5.45. The number of hydrogen-bond acceptors (Lipinski definition) is 4. The third-order valence-electron chi connectivity index (χ3n) is 4.65. The average Bonchev–Trinajstić information content (AvgIpc) is 2.39. The standard InChI is InChI=1S/C14H29N3O2S/c1-12(2)16-8-4-13(5-9-16)15-14-6-10-17(11-7-14)20(3,18)19/h12-15H,4-11H2,1-3H3. The van der Waals surface area contributed by atoms with Gasteiger partial charge in [-0.05, 0) is 52.6 Å². The highest BCUT2D eigenvalue weighted by Crippen LogP contribution is 2.18. The first kappa shape index (κ1) is 16.2. The molecular formula is C14H29N3O2S. The molecule has 5 nitrogen and oxygen atoms in total. The molecule has 2 fully saturated rings. The van der Waals surface area contributed by atoms with Crippen molar-refractivity contribution < 1.29 is 8.42 Å². The van der Waals surface area contributed by atoms with Crippen molar-refractivity contribution >= 4 is 10.0 Å². The third kappa shape index (κ3) is 4.41. The van der Waals surface area contributed by atoms with Gasteiger partial charge in [-0.1, -0.05) is 0 Å². The van der Waals surface area contributed by atoms with E-state index in [4.69, 9.17) is 0 Å². The maximum Gasteiger partial charge on any atom is 0.211 e. The Labute approximate surface area is 123 Å². The summed E-state index contributed by atoms with van der Waals surface area (Å²) in [6.45, 7) is 8.21. The summed E-state index contributed by atoms with van der Waals surface area (Å²) in [4.78, 5) is 2.53. The number of hydrogen-bond donors (Lipinski definition) is 1. The molecule has 2 saturated heterocycles. The Morgan fingerprint density at radius 2 is 1.40 bits per heavy atom. The topological polar surface area (TPSA) is 52.6 Å². The molecule has 0 aromatic heterocycles. The van der Waals surface area contributed by atoms with E-state index in [-0.39, 0.29) is 0 Å². The second-order valence-electron chi connectivity index (χ2n) is 6.51. The Hall–Kier alpha value is -0.170. The summed E-state index contributed by atoms with van der Waals surface area (Å²) in [6, 6.07) is 1.75. The van der Waals surface area contributed by atoms with Crippen molar-refractivity contribution in [2.45, 2.75) is 57.7 Å². The Morgan fingerprint density at radius 3 is 1.80 bits per heavy atom. The molecule has 6 heteroatoms. The van der Waals surface area contributed by atoms with E-state index in [0.29, 0.717) is 31.2 Å². The molecule has 0 aromatic rings. The summed E-state index contributed by atoms with van der Waals surface area (Å²) >= 11 is 0. The molecule has 2 aliphatic heterocycles. The highest BCUT2D eigenvalue weighted by Gasteiger charge is 2.27. The zero-order valence-electron chi connectivity index (χ0n) is 13.0. The second kappa shape index (κ2) is 6.73. The van der Waals surface area contributed by atoms with E-state index in [2.05, 4.69) is 24.1 Å². The predicted molar refractivity (Wildman–Crippen MR) is 82.3 cm³/mol. The van der Waals surface area contributed by atoms with Crippen molar-refractivity contribution in [3.63, 3.8) is 0 Å². The van der Waals surface area contributed by atoms with Gasteiger partial charge < -0.3 is 10.2 Å². The molecule has 2 rings (SSSR count). The molecule has 118 valence electrons. The van der Waals surface area contributed by atoms with Crippen molar-refractivity contribution in [1.82, 2.24) is 14.5 Å². The summed E-state index contributed by atoms with van der Waals surface area (Å²) in [6.07, 6.45) is 5.62. The summed E-state index contributed by atoms with van der Waals surface area (Å²) in [5.41, 5.74) is 0. The van der Waals surface area contributed by atoms with Gasteiger partial charge in [-0.25, -0.2) is 12.7 Å². The van der Waals surface area contributed by atoms with E-state index < -0.39 is 10.0 Å². The van der Waals surface area contributed by atoms with Gasteiger partial charge in [0.05, 0.1) is 6.26 Å². The van der Waals surface area contributed by atoms with E-state index >= 15 is 0 Å². The van der Waals surface area contributed by atoms with E-state index in [1.807, 2.05) is 0 Å². The van der Waals surface area contributed by atoms with Crippen LogP contribution in [-0.4, -0.2) is 68.2 Å². The number of likely N-dealkylation sites (tertiary alicyclic amines) is 1. The van der Waals surface area contributed by atoms with Crippen molar-refractivity contribution in [2.75, 3.05) is 32.4 Å². The van der Waals surface area contributed by atoms with Gasteiger partial charge in [0, 0.05) is 31.2 Å². The Bertz CT molecular complexity index is 395. The van der Waals surface area contributed by atoms with Crippen LogP contribution in [-0.2, 0) is 10.0 Å². The zero-order chi connectivity index (χ0) is 14.8. The second-order valence-corrected chi connectivity index (χ2v) is 8.49. The number of nitrogens with zero attached hydrogens (tertiary/aromatic N) is 2. The van der Waals surface area contributed by atoms with Crippen LogP contribution < -0.4 is 5.32 Å². The minimum atomic E-state index is -3.00. The molecule has 0 saturated carbocycles. The van der Waals surface area contributed by atoms with Crippen LogP contribution in [0.25, 0.3) is 0 Å². The lowest BCUT2D eigenvalue weighted by Gasteiger charge is -2.38. The summed E-state index contributed by atoms with van der Waals surface area (Å²) in [5, 5.41) is 3.74. The molecule has 0 aliphatic carbocycles. The first-order valence-electron chi connectivity index (χ1n) is 7.81. The monoisotopic (exact) mass is 303 g/mol. The molecule has 0 aromatic carbocycles. The van der Waals surface area contributed by atoms with Crippen LogP contribution in [0.2, 0.25) is 0 Å². The maximum atomic E-state index is 11.5. The molecule has 2 heterocycles.